The van der Waals surface area contributed by atoms with Crippen LogP contribution in [0.4, 0.5) is 5.69 Å². The summed E-state index contributed by atoms with van der Waals surface area (Å²) in [5.41, 5.74) is 9.07. The smallest absolute Gasteiger partial charge is 0.193 e. The molecular weight excluding hydrogens is 324 g/mol. The van der Waals surface area contributed by atoms with E-state index in [0.717, 1.165) is 17.8 Å². The molecule has 0 heterocycles. The molecule has 128 valence electrons. The third-order valence-electron chi connectivity index (χ3n) is 3.38. The first-order valence-corrected chi connectivity index (χ1v) is 7.98. The van der Waals surface area contributed by atoms with Gasteiger partial charge in [-0.25, -0.2) is 4.99 Å². The molecule has 2 rings (SSSR count). The molecule has 0 aliphatic rings. The van der Waals surface area contributed by atoms with Gasteiger partial charge in [0.25, 0.3) is 0 Å². The predicted octanol–water partition coefficient (Wildman–Crippen LogP) is 3.34. The fourth-order valence-corrected chi connectivity index (χ4v) is 2.48. The first-order valence-electron chi connectivity index (χ1n) is 7.61. The van der Waals surface area contributed by atoms with Crippen LogP contribution in [0.25, 0.3) is 0 Å². The highest BCUT2D eigenvalue weighted by Crippen LogP contribution is 2.27. The van der Waals surface area contributed by atoms with Crippen LogP contribution >= 0.6 is 11.6 Å². The quantitative estimate of drug-likeness (QED) is 0.622. The molecule has 0 saturated carbocycles. The van der Waals surface area contributed by atoms with Crippen LogP contribution in [0.5, 0.6) is 5.75 Å². The fraction of sp³-hybridized carbons (Fsp3) is 0.278. The molecule has 0 bridgehead atoms. The Morgan fingerprint density at radius 3 is 2.42 bits per heavy atom. The summed E-state index contributed by atoms with van der Waals surface area (Å²) in [5.74, 6) is 0.962. The van der Waals surface area contributed by atoms with Crippen LogP contribution in [-0.4, -0.2) is 32.1 Å². The lowest BCUT2D eigenvalue weighted by molar-refractivity contribution is 0.402. The topological polar surface area (TPSA) is 62.9 Å². The first-order chi connectivity index (χ1) is 11.5. The summed E-state index contributed by atoms with van der Waals surface area (Å²) in [6, 6.07) is 13.7. The van der Waals surface area contributed by atoms with Crippen LogP contribution in [-0.2, 0) is 13.1 Å². The number of nitrogens with one attached hydrogen (secondary N) is 1. The van der Waals surface area contributed by atoms with Gasteiger partial charge in [-0.3, -0.25) is 0 Å². The second-order valence-corrected chi connectivity index (χ2v) is 6.14. The predicted molar refractivity (Wildman–Crippen MR) is 101 cm³/mol. The number of hydrogen-bond acceptors (Lipinski definition) is 3. The van der Waals surface area contributed by atoms with Crippen molar-refractivity contribution in [1.29, 1.82) is 0 Å². The standard InChI is InChI=1S/C18H23ClN4O/c1-23(2)12-14-6-4-13(5-7-14)11-21-18(20)22-15-8-9-17(24-3)16(19)10-15/h4-10H,11-12H2,1-3H3,(H3,20,21,22). The van der Waals surface area contributed by atoms with Gasteiger partial charge in [-0.2, -0.15) is 0 Å². The average molecular weight is 347 g/mol. The van der Waals surface area contributed by atoms with E-state index in [-0.39, 0.29) is 0 Å². The number of anilines is 1. The van der Waals surface area contributed by atoms with Crippen molar-refractivity contribution in [3.63, 3.8) is 0 Å². The Balaban J connectivity index is 1.95. The Morgan fingerprint density at radius 1 is 1.17 bits per heavy atom. The van der Waals surface area contributed by atoms with Crippen LogP contribution < -0.4 is 15.8 Å². The number of rotatable bonds is 6. The lowest BCUT2D eigenvalue weighted by atomic mass is 10.1. The van der Waals surface area contributed by atoms with Gasteiger partial charge in [-0.15, -0.1) is 0 Å². The summed E-state index contributed by atoms with van der Waals surface area (Å²) in [7, 11) is 5.68. The number of halogens is 1. The molecular formula is C18H23ClN4O. The van der Waals surface area contributed by atoms with E-state index >= 15 is 0 Å². The molecule has 0 aliphatic heterocycles. The van der Waals surface area contributed by atoms with Gasteiger partial charge in [0, 0.05) is 12.2 Å². The van der Waals surface area contributed by atoms with Crippen LogP contribution in [0.1, 0.15) is 11.1 Å². The van der Waals surface area contributed by atoms with E-state index in [0.29, 0.717) is 23.3 Å². The lowest BCUT2D eigenvalue weighted by Gasteiger charge is -2.10. The normalized spacial score (nSPS) is 11.6. The minimum absolute atomic E-state index is 0.341. The Hall–Kier alpha value is -2.24. The molecule has 0 spiro atoms. The molecule has 2 aromatic carbocycles. The SMILES string of the molecule is COc1ccc(NC(N)=NCc2ccc(CN(C)C)cc2)cc1Cl. The first kappa shape index (κ1) is 18.1. The van der Waals surface area contributed by atoms with Gasteiger partial charge >= 0.3 is 0 Å². The van der Waals surface area contributed by atoms with Gasteiger partial charge in [0.05, 0.1) is 18.7 Å². The number of nitrogens with two attached hydrogens (primary N) is 1. The van der Waals surface area contributed by atoms with Gasteiger partial charge in [0.2, 0.25) is 0 Å². The highest BCUT2D eigenvalue weighted by Gasteiger charge is 2.03. The Labute approximate surface area is 148 Å². The number of hydrogen-bond donors (Lipinski definition) is 2. The average Bonchev–Trinajstić information content (AvgIpc) is 2.54. The van der Waals surface area contributed by atoms with Crippen LogP contribution in [0.15, 0.2) is 47.5 Å². The van der Waals surface area contributed by atoms with Crippen LogP contribution in [0, 0.1) is 0 Å². The monoisotopic (exact) mass is 346 g/mol. The Kier molecular flexibility index (Phi) is 6.46. The second kappa shape index (κ2) is 8.57. The van der Waals surface area contributed by atoms with E-state index in [1.165, 1.54) is 5.56 Å². The molecule has 0 unspecified atom stereocenters. The number of guanidine groups is 1. The van der Waals surface area contributed by atoms with Crippen molar-refractivity contribution in [2.75, 3.05) is 26.5 Å². The van der Waals surface area contributed by atoms with E-state index in [2.05, 4.69) is 53.6 Å². The molecule has 0 amide bonds. The molecule has 0 fully saturated rings. The number of nitrogens with zero attached hydrogens (tertiary/aromatic N) is 2. The van der Waals surface area contributed by atoms with Gasteiger partial charge in [0.15, 0.2) is 5.96 Å². The molecule has 5 nitrogen and oxygen atoms in total. The molecule has 0 atom stereocenters. The molecule has 6 heteroatoms. The largest absolute Gasteiger partial charge is 0.495 e. The molecule has 0 saturated heterocycles. The number of benzene rings is 2. The zero-order valence-electron chi connectivity index (χ0n) is 14.2. The zero-order valence-corrected chi connectivity index (χ0v) is 15.0. The second-order valence-electron chi connectivity index (χ2n) is 5.73. The summed E-state index contributed by atoms with van der Waals surface area (Å²) in [6.07, 6.45) is 0. The highest BCUT2D eigenvalue weighted by molar-refractivity contribution is 6.32. The van der Waals surface area contributed by atoms with Crippen molar-refractivity contribution >= 4 is 23.2 Å². The van der Waals surface area contributed by atoms with Crippen molar-refractivity contribution in [2.24, 2.45) is 10.7 Å². The number of methoxy groups -OCH3 is 1. The third kappa shape index (κ3) is 5.44. The highest BCUT2D eigenvalue weighted by atomic mass is 35.5. The Morgan fingerprint density at radius 2 is 1.83 bits per heavy atom. The molecule has 2 aromatic rings. The molecule has 3 N–H and O–H groups in total. The molecule has 0 aliphatic carbocycles. The maximum atomic E-state index is 6.09. The number of ether oxygens (including phenoxy) is 1. The van der Waals surface area contributed by atoms with Crippen LogP contribution in [0.3, 0.4) is 0 Å². The summed E-state index contributed by atoms with van der Waals surface area (Å²) in [4.78, 5) is 6.49. The summed E-state index contributed by atoms with van der Waals surface area (Å²) in [5, 5.41) is 3.54. The summed E-state index contributed by atoms with van der Waals surface area (Å²) in [6.45, 7) is 1.44. The van der Waals surface area contributed by atoms with Crippen molar-refractivity contribution < 1.29 is 4.74 Å². The Bertz CT molecular complexity index is 699. The van der Waals surface area contributed by atoms with Crippen molar-refractivity contribution in [2.45, 2.75) is 13.1 Å². The van der Waals surface area contributed by atoms with E-state index in [9.17, 15) is 0 Å². The van der Waals surface area contributed by atoms with Crippen molar-refractivity contribution in [1.82, 2.24) is 4.90 Å². The zero-order chi connectivity index (χ0) is 17.5. The molecule has 0 aromatic heterocycles. The van der Waals surface area contributed by atoms with Crippen LogP contribution in [0.2, 0.25) is 5.02 Å². The minimum atomic E-state index is 0.341. The maximum Gasteiger partial charge on any atom is 0.193 e. The molecule has 24 heavy (non-hydrogen) atoms. The minimum Gasteiger partial charge on any atom is -0.495 e. The van der Waals surface area contributed by atoms with Gasteiger partial charge in [-0.05, 0) is 43.4 Å². The maximum absolute atomic E-state index is 6.09. The van der Waals surface area contributed by atoms with E-state index in [4.69, 9.17) is 22.1 Å². The lowest BCUT2D eigenvalue weighted by Crippen LogP contribution is -2.22. The van der Waals surface area contributed by atoms with E-state index in [1.807, 2.05) is 6.07 Å². The molecule has 0 radical (unpaired) electrons. The fourth-order valence-electron chi connectivity index (χ4n) is 2.22. The summed E-state index contributed by atoms with van der Waals surface area (Å²) < 4.78 is 5.12. The van der Waals surface area contributed by atoms with Gasteiger partial charge in [-0.1, -0.05) is 35.9 Å². The number of aliphatic imine (C=N–C) groups is 1. The van der Waals surface area contributed by atoms with E-state index in [1.54, 1.807) is 19.2 Å². The third-order valence-corrected chi connectivity index (χ3v) is 3.67. The van der Waals surface area contributed by atoms with Crippen molar-refractivity contribution in [3.05, 3.63) is 58.6 Å². The van der Waals surface area contributed by atoms with Gasteiger partial charge < -0.3 is 20.7 Å². The van der Waals surface area contributed by atoms with E-state index < -0.39 is 0 Å². The summed E-state index contributed by atoms with van der Waals surface area (Å²) >= 11 is 6.09. The van der Waals surface area contributed by atoms with Crippen molar-refractivity contribution in [3.8, 4) is 5.75 Å². The van der Waals surface area contributed by atoms with Gasteiger partial charge in [0.1, 0.15) is 5.75 Å².